The predicted molar refractivity (Wildman–Crippen MR) is 76.4 cm³/mol. The van der Waals surface area contributed by atoms with Crippen molar-refractivity contribution in [3.05, 3.63) is 78.4 Å². The summed E-state index contributed by atoms with van der Waals surface area (Å²) in [5.74, 6) is -0.353. The lowest BCUT2D eigenvalue weighted by molar-refractivity contribution is 0.0957. The highest BCUT2D eigenvalue weighted by atomic mass is 16.3. The molecule has 19 heavy (non-hydrogen) atoms. The maximum Gasteiger partial charge on any atom is 0.174 e. The van der Waals surface area contributed by atoms with E-state index < -0.39 is 0 Å². The molecule has 0 saturated carbocycles. The molecular formula is C17H16O2. The number of benzene rings is 2. The number of hydrogen-bond donors (Lipinski definition) is 1. The van der Waals surface area contributed by atoms with E-state index in [0.29, 0.717) is 12.0 Å². The van der Waals surface area contributed by atoms with Gasteiger partial charge in [0.25, 0.3) is 0 Å². The van der Waals surface area contributed by atoms with Crippen molar-refractivity contribution in [1.29, 1.82) is 0 Å². The molecule has 1 N–H and O–H groups in total. The summed E-state index contributed by atoms with van der Waals surface area (Å²) in [4.78, 5) is 12.5. The maximum atomic E-state index is 12.5. The Morgan fingerprint density at radius 2 is 1.74 bits per heavy atom. The highest BCUT2D eigenvalue weighted by Crippen LogP contribution is 2.28. The minimum atomic E-state index is -0.299. The average Bonchev–Trinajstić information content (AvgIpc) is 2.45. The van der Waals surface area contributed by atoms with E-state index >= 15 is 0 Å². The van der Waals surface area contributed by atoms with Crippen LogP contribution in [-0.4, -0.2) is 10.9 Å². The van der Waals surface area contributed by atoms with Crippen LogP contribution in [0.2, 0.25) is 0 Å². The van der Waals surface area contributed by atoms with E-state index in [1.54, 1.807) is 24.3 Å². The molecule has 0 aliphatic heterocycles. The number of Topliss-reactive ketones (excluding diaryl/α,β-unsaturated/α-hetero) is 1. The summed E-state index contributed by atoms with van der Waals surface area (Å²) in [6, 6.07) is 16.2. The molecule has 0 radical (unpaired) electrons. The third-order valence-electron chi connectivity index (χ3n) is 3.09. The first-order valence-electron chi connectivity index (χ1n) is 6.22. The molecule has 0 aromatic heterocycles. The lowest BCUT2D eigenvalue weighted by atomic mass is 9.88. The van der Waals surface area contributed by atoms with Crippen LogP contribution in [0.5, 0.6) is 5.75 Å². The monoisotopic (exact) mass is 252 g/mol. The molecule has 0 saturated heterocycles. The molecule has 1 unspecified atom stereocenters. The molecule has 2 heteroatoms. The van der Waals surface area contributed by atoms with Crippen LogP contribution in [0, 0.1) is 0 Å². The quantitative estimate of drug-likeness (QED) is 0.646. The summed E-state index contributed by atoms with van der Waals surface area (Å²) >= 11 is 0. The molecule has 0 aliphatic carbocycles. The predicted octanol–water partition coefficient (Wildman–Crippen LogP) is 3.93. The molecule has 0 aliphatic rings. The molecule has 2 nitrogen and oxygen atoms in total. The van der Waals surface area contributed by atoms with Crippen molar-refractivity contribution in [1.82, 2.24) is 0 Å². The summed E-state index contributed by atoms with van der Waals surface area (Å²) in [6.45, 7) is 3.71. The van der Waals surface area contributed by atoms with E-state index in [4.69, 9.17) is 0 Å². The van der Waals surface area contributed by atoms with Crippen LogP contribution in [0.3, 0.4) is 0 Å². The van der Waals surface area contributed by atoms with Crippen LogP contribution in [-0.2, 0) is 0 Å². The van der Waals surface area contributed by atoms with Crippen molar-refractivity contribution in [2.75, 3.05) is 0 Å². The van der Waals surface area contributed by atoms with Gasteiger partial charge in [0.2, 0.25) is 0 Å². The molecule has 0 fully saturated rings. The summed E-state index contributed by atoms with van der Waals surface area (Å²) in [6.07, 6.45) is 2.28. The van der Waals surface area contributed by atoms with Crippen molar-refractivity contribution >= 4 is 5.78 Å². The fourth-order valence-electron chi connectivity index (χ4n) is 2.12. The molecule has 2 aromatic carbocycles. The van der Waals surface area contributed by atoms with E-state index in [2.05, 4.69) is 6.58 Å². The van der Waals surface area contributed by atoms with Gasteiger partial charge in [-0.2, -0.15) is 0 Å². The van der Waals surface area contributed by atoms with Crippen LogP contribution in [0.1, 0.15) is 28.3 Å². The fraction of sp³-hybridized carbons (Fsp3) is 0.118. The highest BCUT2D eigenvalue weighted by molar-refractivity contribution is 6.03. The Hall–Kier alpha value is -2.35. The first-order chi connectivity index (χ1) is 9.24. The topological polar surface area (TPSA) is 37.3 Å². The van der Waals surface area contributed by atoms with Crippen molar-refractivity contribution in [3.63, 3.8) is 0 Å². The zero-order valence-electron chi connectivity index (χ0n) is 10.6. The molecule has 0 spiro atoms. The van der Waals surface area contributed by atoms with E-state index in [1.165, 1.54) is 6.07 Å². The van der Waals surface area contributed by atoms with Crippen molar-refractivity contribution in [2.24, 2.45) is 0 Å². The summed E-state index contributed by atoms with van der Waals surface area (Å²) in [5.41, 5.74) is 1.30. The number of allylic oxidation sites excluding steroid dienone is 1. The van der Waals surface area contributed by atoms with Crippen LogP contribution < -0.4 is 0 Å². The van der Waals surface area contributed by atoms with E-state index in [1.807, 2.05) is 30.3 Å². The van der Waals surface area contributed by atoms with Gasteiger partial charge in [0, 0.05) is 0 Å². The number of aromatic hydroxyl groups is 1. The minimum Gasteiger partial charge on any atom is -0.507 e. The normalized spacial score (nSPS) is 11.8. The Labute approximate surface area is 113 Å². The molecule has 96 valence electrons. The van der Waals surface area contributed by atoms with Gasteiger partial charge in [-0.15, -0.1) is 6.58 Å². The minimum absolute atomic E-state index is 0.0255. The van der Waals surface area contributed by atoms with Crippen LogP contribution in [0.4, 0.5) is 0 Å². The van der Waals surface area contributed by atoms with E-state index in [0.717, 1.165) is 5.56 Å². The second-order valence-corrected chi connectivity index (χ2v) is 4.37. The molecule has 2 rings (SSSR count). The molecule has 0 amide bonds. The Balaban J connectivity index is 2.38. The first kappa shape index (κ1) is 13.1. The molecule has 1 atom stereocenters. The third kappa shape index (κ3) is 2.91. The summed E-state index contributed by atoms with van der Waals surface area (Å²) in [7, 11) is 0. The van der Waals surface area contributed by atoms with Gasteiger partial charge < -0.3 is 5.11 Å². The van der Waals surface area contributed by atoms with Crippen molar-refractivity contribution in [3.8, 4) is 5.75 Å². The Morgan fingerprint density at radius 3 is 2.37 bits per heavy atom. The lowest BCUT2D eigenvalue weighted by Crippen LogP contribution is -2.12. The van der Waals surface area contributed by atoms with E-state index in [9.17, 15) is 9.90 Å². The largest absolute Gasteiger partial charge is 0.507 e. The third-order valence-corrected chi connectivity index (χ3v) is 3.09. The van der Waals surface area contributed by atoms with E-state index in [-0.39, 0.29) is 17.5 Å². The van der Waals surface area contributed by atoms with Gasteiger partial charge in [-0.3, -0.25) is 4.79 Å². The number of phenolic OH excluding ortho intramolecular Hbond substituents is 1. The Morgan fingerprint density at radius 1 is 1.11 bits per heavy atom. The van der Waals surface area contributed by atoms with Gasteiger partial charge in [0.1, 0.15) is 5.75 Å². The second kappa shape index (κ2) is 6.01. The number of ketones is 1. The van der Waals surface area contributed by atoms with Crippen LogP contribution >= 0.6 is 0 Å². The van der Waals surface area contributed by atoms with Gasteiger partial charge in [0.05, 0.1) is 11.5 Å². The number of rotatable bonds is 5. The number of carbonyl (C=O) groups is 1. The number of hydrogen-bond acceptors (Lipinski definition) is 2. The smallest absolute Gasteiger partial charge is 0.174 e. The first-order valence-corrected chi connectivity index (χ1v) is 6.22. The standard InChI is InChI=1S/C17H16O2/c1-2-8-14(13-9-4-3-5-10-13)17(19)15-11-6-7-12-16(15)18/h2-7,9-12,14,18H,1,8H2. The molecule has 0 heterocycles. The Bertz CT molecular complexity index is 573. The number of carbonyl (C=O) groups excluding carboxylic acids is 1. The Kier molecular flexibility index (Phi) is 4.14. The van der Waals surface area contributed by atoms with Gasteiger partial charge in [0.15, 0.2) is 5.78 Å². The average molecular weight is 252 g/mol. The summed E-state index contributed by atoms with van der Waals surface area (Å²) in [5, 5.41) is 9.80. The van der Waals surface area contributed by atoms with Gasteiger partial charge in [-0.25, -0.2) is 0 Å². The van der Waals surface area contributed by atoms with Crippen LogP contribution in [0.15, 0.2) is 67.3 Å². The van der Waals surface area contributed by atoms with Crippen LogP contribution in [0.25, 0.3) is 0 Å². The SMILES string of the molecule is C=CCC(C(=O)c1ccccc1O)c1ccccc1. The summed E-state index contributed by atoms with van der Waals surface area (Å²) < 4.78 is 0. The highest BCUT2D eigenvalue weighted by Gasteiger charge is 2.22. The van der Waals surface area contributed by atoms with Crippen molar-refractivity contribution < 1.29 is 9.90 Å². The second-order valence-electron chi connectivity index (χ2n) is 4.37. The zero-order chi connectivity index (χ0) is 13.7. The van der Waals surface area contributed by atoms with Gasteiger partial charge in [-0.1, -0.05) is 48.5 Å². The van der Waals surface area contributed by atoms with Gasteiger partial charge in [-0.05, 0) is 24.1 Å². The fourth-order valence-corrected chi connectivity index (χ4v) is 2.12. The molecule has 2 aromatic rings. The lowest BCUT2D eigenvalue weighted by Gasteiger charge is -2.15. The zero-order valence-corrected chi connectivity index (χ0v) is 10.6. The van der Waals surface area contributed by atoms with Crippen molar-refractivity contribution in [2.45, 2.75) is 12.3 Å². The van der Waals surface area contributed by atoms with Gasteiger partial charge >= 0.3 is 0 Å². The number of para-hydroxylation sites is 1. The number of phenols is 1. The maximum absolute atomic E-state index is 12.5. The molecule has 0 bridgehead atoms. The molecular weight excluding hydrogens is 236 g/mol.